The van der Waals surface area contributed by atoms with E-state index >= 15 is 0 Å². The fraction of sp³-hybridized carbons (Fsp3) is 0. The van der Waals surface area contributed by atoms with Crippen LogP contribution < -0.4 is 5.32 Å². The number of hydrogen-bond donors (Lipinski definition) is 4. The number of carbonyl (C=O) groups is 2. The quantitative estimate of drug-likeness (QED) is 0.649. The average Bonchev–Trinajstić information content (AvgIpc) is 2.85. The van der Waals surface area contributed by atoms with Crippen molar-refractivity contribution in [2.45, 2.75) is 0 Å². The number of phenols is 1. The van der Waals surface area contributed by atoms with Crippen molar-refractivity contribution in [3.05, 3.63) is 39.9 Å². The van der Waals surface area contributed by atoms with Crippen LogP contribution in [0.15, 0.2) is 18.5 Å². The van der Waals surface area contributed by atoms with Crippen molar-refractivity contribution in [2.24, 2.45) is 0 Å². The van der Waals surface area contributed by atoms with Crippen LogP contribution in [-0.4, -0.2) is 32.1 Å². The van der Waals surface area contributed by atoms with Gasteiger partial charge >= 0.3 is 5.97 Å². The Morgan fingerprint density at radius 2 is 1.85 bits per heavy atom. The third kappa shape index (κ3) is 2.68. The molecule has 0 saturated heterocycles. The number of aromatic nitrogens is 2. The molecule has 20 heavy (non-hydrogen) atoms. The number of nitrogens with zero attached hydrogens (tertiary/aromatic N) is 1. The lowest BCUT2D eigenvalue weighted by atomic mass is 10.2. The van der Waals surface area contributed by atoms with E-state index in [4.69, 9.17) is 28.3 Å². The van der Waals surface area contributed by atoms with Crippen molar-refractivity contribution >= 4 is 40.8 Å². The Bertz CT molecular complexity index is 676. The van der Waals surface area contributed by atoms with Crippen molar-refractivity contribution in [3.63, 3.8) is 0 Å². The number of halogens is 2. The number of rotatable bonds is 3. The SMILES string of the molecule is O=C(Nc1cc(Cl)c(O)c(Cl)c1)c1nc[nH]c1C(=O)O. The van der Waals surface area contributed by atoms with E-state index in [0.717, 1.165) is 6.33 Å². The van der Waals surface area contributed by atoms with Gasteiger partial charge in [-0.2, -0.15) is 0 Å². The predicted octanol–water partition coefficient (Wildman–Crippen LogP) is 2.37. The van der Waals surface area contributed by atoms with E-state index in [1.807, 2.05) is 0 Å². The Morgan fingerprint density at radius 3 is 2.40 bits per heavy atom. The monoisotopic (exact) mass is 315 g/mol. The van der Waals surface area contributed by atoms with Gasteiger partial charge < -0.3 is 20.5 Å². The van der Waals surface area contributed by atoms with Crippen LogP contribution in [0, 0.1) is 0 Å². The number of hydrogen-bond acceptors (Lipinski definition) is 4. The molecule has 9 heteroatoms. The lowest BCUT2D eigenvalue weighted by molar-refractivity contribution is 0.0686. The van der Waals surface area contributed by atoms with Crippen LogP contribution in [0.1, 0.15) is 21.0 Å². The molecule has 1 heterocycles. The van der Waals surface area contributed by atoms with Crippen LogP contribution in [0.5, 0.6) is 5.75 Å². The number of imidazole rings is 1. The zero-order valence-electron chi connectivity index (χ0n) is 9.65. The first kappa shape index (κ1) is 14.2. The Morgan fingerprint density at radius 1 is 1.25 bits per heavy atom. The number of nitrogens with one attached hydrogen (secondary N) is 2. The van der Waals surface area contributed by atoms with Gasteiger partial charge in [0.1, 0.15) is 0 Å². The number of anilines is 1. The first-order valence-electron chi connectivity index (χ1n) is 5.16. The molecule has 1 amide bonds. The van der Waals surface area contributed by atoms with E-state index < -0.39 is 11.9 Å². The van der Waals surface area contributed by atoms with Crippen molar-refractivity contribution in [1.82, 2.24) is 9.97 Å². The minimum absolute atomic E-state index is 0.0479. The molecule has 1 aromatic carbocycles. The lowest BCUT2D eigenvalue weighted by Gasteiger charge is -2.07. The zero-order valence-corrected chi connectivity index (χ0v) is 11.2. The summed E-state index contributed by atoms with van der Waals surface area (Å²) in [4.78, 5) is 28.7. The maximum absolute atomic E-state index is 11.9. The summed E-state index contributed by atoms with van der Waals surface area (Å²) in [5.41, 5.74) is -0.418. The van der Waals surface area contributed by atoms with E-state index in [-0.39, 0.29) is 32.9 Å². The fourth-order valence-corrected chi connectivity index (χ4v) is 1.94. The third-order valence-corrected chi connectivity index (χ3v) is 2.92. The Balaban J connectivity index is 2.28. The lowest BCUT2D eigenvalue weighted by Crippen LogP contribution is -2.16. The van der Waals surface area contributed by atoms with Gasteiger partial charge in [0.15, 0.2) is 17.1 Å². The molecule has 4 N–H and O–H groups in total. The maximum atomic E-state index is 11.9. The van der Waals surface area contributed by atoms with Crippen molar-refractivity contribution in [1.29, 1.82) is 0 Å². The maximum Gasteiger partial charge on any atom is 0.354 e. The molecule has 0 aliphatic carbocycles. The number of benzene rings is 1. The average molecular weight is 316 g/mol. The molecule has 0 spiro atoms. The summed E-state index contributed by atoms with van der Waals surface area (Å²) in [6.07, 6.45) is 1.09. The van der Waals surface area contributed by atoms with Gasteiger partial charge in [-0.15, -0.1) is 0 Å². The fourth-order valence-electron chi connectivity index (χ4n) is 1.46. The molecule has 0 radical (unpaired) electrons. The van der Waals surface area contributed by atoms with Crippen LogP contribution in [0.3, 0.4) is 0 Å². The van der Waals surface area contributed by atoms with Crippen LogP contribution in [0.4, 0.5) is 5.69 Å². The first-order chi connectivity index (χ1) is 9.40. The van der Waals surface area contributed by atoms with Crippen LogP contribution in [-0.2, 0) is 0 Å². The molecule has 0 bridgehead atoms. The molecule has 2 rings (SSSR count). The largest absolute Gasteiger partial charge is 0.505 e. The van der Waals surface area contributed by atoms with Gasteiger partial charge in [0.05, 0.1) is 16.4 Å². The molecule has 0 saturated carbocycles. The molecule has 7 nitrogen and oxygen atoms in total. The molecule has 0 unspecified atom stereocenters. The smallest absolute Gasteiger partial charge is 0.354 e. The number of phenolic OH excluding ortho intramolecular Hbond substituents is 1. The summed E-state index contributed by atoms with van der Waals surface area (Å²) in [5.74, 6) is -2.37. The summed E-state index contributed by atoms with van der Waals surface area (Å²) in [5, 5.41) is 20.5. The number of amides is 1. The van der Waals surface area contributed by atoms with Crippen LogP contribution >= 0.6 is 23.2 Å². The molecule has 0 atom stereocenters. The number of H-pyrrole nitrogens is 1. The number of aromatic carboxylic acids is 1. The second-order valence-corrected chi connectivity index (χ2v) is 4.49. The summed E-state index contributed by atoms with van der Waals surface area (Å²) >= 11 is 11.4. The van der Waals surface area contributed by atoms with E-state index in [9.17, 15) is 14.7 Å². The van der Waals surface area contributed by atoms with Gasteiger partial charge in [0.25, 0.3) is 5.91 Å². The van der Waals surface area contributed by atoms with Crippen LogP contribution in [0.2, 0.25) is 10.0 Å². The van der Waals surface area contributed by atoms with Gasteiger partial charge in [-0.1, -0.05) is 23.2 Å². The molecule has 1 aromatic heterocycles. The topological polar surface area (TPSA) is 115 Å². The van der Waals surface area contributed by atoms with Crippen LogP contribution in [0.25, 0.3) is 0 Å². The van der Waals surface area contributed by atoms with Crippen molar-refractivity contribution in [2.75, 3.05) is 5.32 Å². The predicted molar refractivity (Wildman–Crippen MR) is 71.6 cm³/mol. The second-order valence-electron chi connectivity index (χ2n) is 3.67. The first-order valence-corrected chi connectivity index (χ1v) is 5.91. The van der Waals surface area contributed by atoms with Gasteiger partial charge in [-0.3, -0.25) is 4.79 Å². The summed E-state index contributed by atoms with van der Waals surface area (Å²) in [7, 11) is 0. The summed E-state index contributed by atoms with van der Waals surface area (Å²) in [6.45, 7) is 0. The second kappa shape index (κ2) is 5.40. The molecular weight excluding hydrogens is 309 g/mol. The highest BCUT2D eigenvalue weighted by molar-refractivity contribution is 6.37. The number of carboxylic acids is 1. The minimum atomic E-state index is -1.31. The Labute approximate surface area is 122 Å². The van der Waals surface area contributed by atoms with E-state index in [1.54, 1.807) is 0 Å². The van der Waals surface area contributed by atoms with E-state index in [0.29, 0.717) is 0 Å². The number of aromatic amines is 1. The summed E-state index contributed by atoms with van der Waals surface area (Å²) in [6, 6.07) is 2.54. The number of aromatic hydroxyl groups is 1. The molecular formula is C11H7Cl2N3O4. The van der Waals surface area contributed by atoms with Gasteiger partial charge in [-0.25, -0.2) is 9.78 Å². The van der Waals surface area contributed by atoms with Crippen molar-refractivity contribution in [3.8, 4) is 5.75 Å². The zero-order chi connectivity index (χ0) is 14.9. The summed E-state index contributed by atoms with van der Waals surface area (Å²) < 4.78 is 0. The number of carbonyl (C=O) groups excluding carboxylic acids is 1. The molecule has 0 fully saturated rings. The molecule has 0 aliphatic rings. The van der Waals surface area contributed by atoms with Gasteiger partial charge in [-0.05, 0) is 12.1 Å². The molecule has 2 aromatic rings. The standard InChI is InChI=1S/C11H7Cl2N3O4/c12-5-1-4(2-6(13)9(5)17)16-10(18)7-8(11(19)20)15-3-14-7/h1-3,17H,(H,14,15)(H,16,18)(H,19,20). The van der Waals surface area contributed by atoms with Gasteiger partial charge in [0.2, 0.25) is 0 Å². The third-order valence-electron chi connectivity index (χ3n) is 2.34. The highest BCUT2D eigenvalue weighted by atomic mass is 35.5. The normalized spacial score (nSPS) is 10.3. The Hall–Kier alpha value is -2.25. The van der Waals surface area contributed by atoms with Gasteiger partial charge in [0, 0.05) is 5.69 Å². The highest BCUT2D eigenvalue weighted by Crippen LogP contribution is 2.34. The molecule has 104 valence electrons. The Kier molecular flexibility index (Phi) is 3.82. The van der Waals surface area contributed by atoms with Crippen molar-refractivity contribution < 1.29 is 19.8 Å². The highest BCUT2D eigenvalue weighted by Gasteiger charge is 2.20. The van der Waals surface area contributed by atoms with E-state index in [1.165, 1.54) is 12.1 Å². The number of carboxylic acid groups (broad SMARTS) is 1. The van der Waals surface area contributed by atoms with E-state index in [2.05, 4.69) is 15.3 Å². The minimum Gasteiger partial charge on any atom is -0.505 e. The molecule has 0 aliphatic heterocycles.